The Morgan fingerprint density at radius 2 is 1.74 bits per heavy atom. The molecular weight excluding hydrogens is 350 g/mol. The maximum absolute atomic E-state index is 12.6. The zero-order valence-corrected chi connectivity index (χ0v) is 14.7. The van der Waals surface area contributed by atoms with Crippen molar-refractivity contribution in [1.82, 2.24) is 4.31 Å². The molecule has 0 unspecified atom stereocenters. The zero-order chi connectivity index (χ0) is 14.5. The molecule has 7 heteroatoms. The number of sulfonamides is 1. The molecule has 1 fully saturated rings. The summed E-state index contributed by atoms with van der Waals surface area (Å²) in [6.07, 6.45) is 0. The third-order valence-electron chi connectivity index (χ3n) is 2.81. The van der Waals surface area contributed by atoms with E-state index in [0.717, 1.165) is 3.79 Å². The fourth-order valence-electron chi connectivity index (χ4n) is 2.45. The average Bonchev–Trinajstić information content (AvgIpc) is 2.60. The fraction of sp³-hybridized carbons (Fsp3) is 0.667. The van der Waals surface area contributed by atoms with Crippen molar-refractivity contribution < 1.29 is 13.2 Å². The molecule has 0 bridgehead atoms. The summed E-state index contributed by atoms with van der Waals surface area (Å²) in [6, 6.07) is 3.40. The van der Waals surface area contributed by atoms with Gasteiger partial charge in [0.1, 0.15) is 4.21 Å². The Labute approximate surface area is 126 Å². The predicted octanol–water partition coefficient (Wildman–Crippen LogP) is 3.09. The molecule has 0 atom stereocenters. The maximum Gasteiger partial charge on any atom is 0.252 e. The summed E-state index contributed by atoms with van der Waals surface area (Å²) in [7, 11) is -3.44. The summed E-state index contributed by atoms with van der Waals surface area (Å²) >= 11 is 4.54. The van der Waals surface area contributed by atoms with E-state index in [1.165, 1.54) is 15.6 Å². The zero-order valence-electron chi connectivity index (χ0n) is 11.4. The van der Waals surface area contributed by atoms with Crippen molar-refractivity contribution >= 4 is 37.3 Å². The van der Waals surface area contributed by atoms with Crippen LogP contribution in [0.5, 0.6) is 0 Å². The second-order valence-electron chi connectivity index (χ2n) is 5.95. The Kier molecular flexibility index (Phi) is 3.90. The number of morpholine rings is 1. The lowest BCUT2D eigenvalue weighted by Gasteiger charge is -2.46. The quantitative estimate of drug-likeness (QED) is 0.806. The second kappa shape index (κ2) is 4.80. The number of hydrogen-bond donors (Lipinski definition) is 0. The van der Waals surface area contributed by atoms with E-state index in [0.29, 0.717) is 17.3 Å². The molecule has 2 heterocycles. The van der Waals surface area contributed by atoms with Crippen molar-refractivity contribution in [2.24, 2.45) is 0 Å². The highest BCUT2D eigenvalue weighted by Crippen LogP contribution is 2.34. The number of thiophene rings is 1. The molecule has 4 nitrogen and oxygen atoms in total. The summed E-state index contributed by atoms with van der Waals surface area (Å²) in [5.74, 6) is 0. The van der Waals surface area contributed by atoms with Gasteiger partial charge in [0, 0.05) is 13.1 Å². The normalized spacial score (nSPS) is 23.4. The number of nitrogens with zero attached hydrogens (tertiary/aromatic N) is 1. The van der Waals surface area contributed by atoms with Gasteiger partial charge < -0.3 is 4.74 Å². The van der Waals surface area contributed by atoms with Crippen LogP contribution in [0.3, 0.4) is 0 Å². The van der Waals surface area contributed by atoms with Gasteiger partial charge >= 0.3 is 0 Å². The van der Waals surface area contributed by atoms with E-state index in [4.69, 9.17) is 4.74 Å². The minimum Gasteiger partial charge on any atom is -0.367 e. The first-order chi connectivity index (χ1) is 8.52. The van der Waals surface area contributed by atoms with E-state index in [1.807, 2.05) is 27.7 Å². The molecule has 19 heavy (non-hydrogen) atoms. The summed E-state index contributed by atoms with van der Waals surface area (Å²) < 4.78 is 33.9. The van der Waals surface area contributed by atoms with Crippen molar-refractivity contribution in [2.75, 3.05) is 13.1 Å². The number of halogens is 1. The van der Waals surface area contributed by atoms with Crippen molar-refractivity contribution in [3.63, 3.8) is 0 Å². The van der Waals surface area contributed by atoms with Gasteiger partial charge in [-0.1, -0.05) is 0 Å². The number of hydrogen-bond acceptors (Lipinski definition) is 4. The molecule has 0 N–H and O–H groups in total. The summed E-state index contributed by atoms with van der Waals surface area (Å²) in [4.78, 5) is 0. The van der Waals surface area contributed by atoms with Crippen LogP contribution < -0.4 is 0 Å². The van der Waals surface area contributed by atoms with Gasteiger partial charge in [0.15, 0.2) is 0 Å². The lowest BCUT2D eigenvalue weighted by molar-refractivity contribution is -0.163. The molecule has 1 aliphatic heterocycles. The first-order valence-corrected chi connectivity index (χ1v) is 9.03. The average molecular weight is 368 g/mol. The standard InChI is InChI=1S/C12H18BrNO3S2/c1-11(2)7-14(8-12(3,4)17-11)19(15,16)10-6-5-9(13)18-10/h5-6H,7-8H2,1-4H3. The van der Waals surface area contributed by atoms with Crippen molar-refractivity contribution in [3.8, 4) is 0 Å². The summed E-state index contributed by atoms with van der Waals surface area (Å²) in [6.45, 7) is 8.41. The first-order valence-electron chi connectivity index (χ1n) is 5.98. The van der Waals surface area contributed by atoms with Gasteiger partial charge in [-0.2, -0.15) is 4.31 Å². The maximum atomic E-state index is 12.6. The van der Waals surface area contributed by atoms with Crippen molar-refractivity contribution in [2.45, 2.75) is 43.1 Å². The molecule has 1 aliphatic rings. The van der Waals surface area contributed by atoms with E-state index in [9.17, 15) is 8.42 Å². The van der Waals surface area contributed by atoms with Crippen molar-refractivity contribution in [1.29, 1.82) is 0 Å². The van der Waals surface area contributed by atoms with Crippen LogP contribution in [0, 0.1) is 0 Å². The third kappa shape index (κ3) is 3.39. The number of rotatable bonds is 2. The van der Waals surface area contributed by atoms with E-state index in [1.54, 1.807) is 12.1 Å². The molecular formula is C12H18BrNO3S2. The monoisotopic (exact) mass is 367 g/mol. The van der Waals surface area contributed by atoms with Gasteiger partial charge in [-0.05, 0) is 55.8 Å². The highest BCUT2D eigenvalue weighted by Gasteiger charge is 2.43. The van der Waals surface area contributed by atoms with Crippen LogP contribution in [-0.4, -0.2) is 37.0 Å². The lowest BCUT2D eigenvalue weighted by atomic mass is 10.0. The molecule has 1 saturated heterocycles. The van der Waals surface area contributed by atoms with Crippen LogP contribution in [0.4, 0.5) is 0 Å². The van der Waals surface area contributed by atoms with E-state index in [2.05, 4.69) is 15.9 Å². The van der Waals surface area contributed by atoms with Crippen LogP contribution in [0.15, 0.2) is 20.1 Å². The largest absolute Gasteiger partial charge is 0.367 e. The van der Waals surface area contributed by atoms with E-state index >= 15 is 0 Å². The van der Waals surface area contributed by atoms with Crippen LogP contribution >= 0.6 is 27.3 Å². The van der Waals surface area contributed by atoms with Gasteiger partial charge in [-0.25, -0.2) is 8.42 Å². The second-order valence-corrected chi connectivity index (χ2v) is 10.6. The molecule has 2 rings (SSSR count). The van der Waals surface area contributed by atoms with Crippen LogP contribution in [0.1, 0.15) is 27.7 Å². The van der Waals surface area contributed by atoms with Crippen LogP contribution in [0.2, 0.25) is 0 Å². The van der Waals surface area contributed by atoms with Gasteiger partial charge in [0.25, 0.3) is 10.0 Å². The Morgan fingerprint density at radius 1 is 1.21 bits per heavy atom. The van der Waals surface area contributed by atoms with Gasteiger partial charge in [-0.3, -0.25) is 0 Å². The molecule has 0 radical (unpaired) electrons. The molecule has 1 aromatic rings. The minimum atomic E-state index is -3.44. The Bertz CT molecular complexity index is 562. The lowest BCUT2D eigenvalue weighted by Crippen LogP contribution is -2.58. The first kappa shape index (κ1) is 15.4. The molecule has 0 saturated carbocycles. The van der Waals surface area contributed by atoms with Gasteiger partial charge in [0.2, 0.25) is 0 Å². The predicted molar refractivity (Wildman–Crippen MR) is 80.0 cm³/mol. The van der Waals surface area contributed by atoms with E-state index < -0.39 is 21.2 Å². The van der Waals surface area contributed by atoms with E-state index in [-0.39, 0.29) is 0 Å². The van der Waals surface area contributed by atoms with Gasteiger partial charge in [-0.15, -0.1) is 11.3 Å². The molecule has 0 spiro atoms. The van der Waals surface area contributed by atoms with Crippen LogP contribution in [0.25, 0.3) is 0 Å². The fourth-order valence-corrected chi connectivity index (χ4v) is 6.36. The Balaban J connectivity index is 2.35. The Hall–Kier alpha value is 0.0500. The van der Waals surface area contributed by atoms with Crippen LogP contribution in [-0.2, 0) is 14.8 Å². The highest BCUT2D eigenvalue weighted by atomic mass is 79.9. The summed E-state index contributed by atoms with van der Waals surface area (Å²) in [5.41, 5.74) is -0.966. The summed E-state index contributed by atoms with van der Waals surface area (Å²) in [5, 5.41) is 0. The van der Waals surface area contributed by atoms with Crippen molar-refractivity contribution in [3.05, 3.63) is 15.9 Å². The minimum absolute atomic E-state index is 0.368. The number of ether oxygens (including phenoxy) is 1. The molecule has 0 amide bonds. The molecule has 1 aromatic heterocycles. The molecule has 108 valence electrons. The molecule has 0 aliphatic carbocycles. The highest BCUT2D eigenvalue weighted by molar-refractivity contribution is 9.11. The smallest absolute Gasteiger partial charge is 0.252 e. The Morgan fingerprint density at radius 3 is 2.16 bits per heavy atom. The topological polar surface area (TPSA) is 46.6 Å². The SMILES string of the molecule is CC1(C)CN(S(=O)(=O)c2ccc(Br)s2)CC(C)(C)O1. The molecule has 0 aromatic carbocycles. The van der Waals surface area contributed by atoms with Gasteiger partial charge in [0.05, 0.1) is 15.0 Å². The third-order valence-corrected chi connectivity index (χ3v) is 6.69.